The lowest BCUT2D eigenvalue weighted by Gasteiger charge is -2.22. The number of nitrogens with two attached hydrogens (primary N) is 1. The molecule has 0 unspecified atom stereocenters. The van der Waals surface area contributed by atoms with Crippen molar-refractivity contribution in [1.82, 2.24) is 14.7 Å². The second-order valence-electron chi connectivity index (χ2n) is 6.98. The maximum Gasteiger partial charge on any atom is 0.269 e. The average molecular weight is 376 g/mol. The molecule has 0 bridgehead atoms. The molecule has 2 heterocycles. The molecular weight excluding hydrogens is 356 g/mol. The molecule has 0 radical (unpaired) electrons. The predicted molar refractivity (Wildman–Crippen MR) is 104 cm³/mol. The minimum absolute atomic E-state index is 0.0489. The van der Waals surface area contributed by atoms with Crippen LogP contribution in [0.3, 0.4) is 0 Å². The van der Waals surface area contributed by atoms with Crippen LogP contribution in [0.5, 0.6) is 0 Å². The number of primary amides is 1. The highest BCUT2D eigenvalue weighted by atomic mass is 16.2. The summed E-state index contributed by atoms with van der Waals surface area (Å²) in [7, 11) is 0. The lowest BCUT2D eigenvalue weighted by molar-refractivity contribution is -0.132. The largest absolute Gasteiger partial charge is 0.364 e. The molecule has 7 heteroatoms. The van der Waals surface area contributed by atoms with Crippen molar-refractivity contribution in [2.75, 3.05) is 0 Å². The zero-order valence-electron chi connectivity index (χ0n) is 15.5. The summed E-state index contributed by atoms with van der Waals surface area (Å²) in [6.07, 6.45) is 0.955. The summed E-state index contributed by atoms with van der Waals surface area (Å²) in [6.45, 7) is 2.20. The van der Waals surface area contributed by atoms with E-state index >= 15 is 0 Å². The van der Waals surface area contributed by atoms with Gasteiger partial charge in [-0.2, -0.15) is 9.78 Å². The van der Waals surface area contributed by atoms with Gasteiger partial charge in [0.05, 0.1) is 5.52 Å². The second kappa shape index (κ2) is 6.92. The molecular formula is C21H20N4O3. The summed E-state index contributed by atoms with van der Waals surface area (Å²) >= 11 is 0. The van der Waals surface area contributed by atoms with Gasteiger partial charge in [0.15, 0.2) is 5.69 Å². The van der Waals surface area contributed by atoms with Crippen LogP contribution >= 0.6 is 0 Å². The fraction of sp³-hybridized carbons (Fsp3) is 0.238. The Hall–Kier alpha value is -3.48. The maximum absolute atomic E-state index is 12.7. The number of nitrogens with zero attached hydrogens (tertiary/aromatic N) is 3. The second-order valence-corrected chi connectivity index (χ2v) is 6.98. The van der Waals surface area contributed by atoms with E-state index in [2.05, 4.69) is 5.10 Å². The number of benzene rings is 2. The highest BCUT2D eigenvalue weighted by molar-refractivity contribution is 6.08. The van der Waals surface area contributed by atoms with Crippen molar-refractivity contribution in [1.29, 1.82) is 0 Å². The molecule has 7 nitrogen and oxygen atoms in total. The molecule has 0 aliphatic carbocycles. The van der Waals surface area contributed by atoms with Crippen LogP contribution in [-0.2, 0) is 24.3 Å². The first kappa shape index (κ1) is 17.9. The number of hydrogen-bond donors (Lipinski definition) is 1. The van der Waals surface area contributed by atoms with Gasteiger partial charge in [-0.15, -0.1) is 0 Å². The number of aryl methyl sites for hydroxylation is 1. The smallest absolute Gasteiger partial charge is 0.269 e. The first-order chi connectivity index (χ1) is 13.5. The molecule has 0 saturated heterocycles. The van der Waals surface area contributed by atoms with E-state index in [1.54, 1.807) is 11.0 Å². The van der Waals surface area contributed by atoms with Crippen LogP contribution in [0.4, 0.5) is 0 Å². The van der Waals surface area contributed by atoms with Gasteiger partial charge in [-0.25, -0.2) is 0 Å². The third-order valence-corrected chi connectivity index (χ3v) is 5.11. The average Bonchev–Trinajstić information content (AvgIpc) is 3.00. The van der Waals surface area contributed by atoms with E-state index in [9.17, 15) is 14.4 Å². The third-order valence-electron chi connectivity index (χ3n) is 5.11. The molecule has 2 N–H and O–H groups in total. The lowest BCUT2D eigenvalue weighted by Crippen LogP contribution is -2.28. The fourth-order valence-electron chi connectivity index (χ4n) is 3.78. The van der Waals surface area contributed by atoms with Crippen molar-refractivity contribution >= 4 is 28.6 Å². The minimum atomic E-state index is -0.691. The molecule has 2 aromatic carbocycles. The molecule has 0 spiro atoms. The summed E-state index contributed by atoms with van der Waals surface area (Å²) in [5, 5.41) is 4.71. The van der Waals surface area contributed by atoms with Crippen LogP contribution in [0.2, 0.25) is 0 Å². The van der Waals surface area contributed by atoms with E-state index in [1.165, 1.54) is 11.6 Å². The Morgan fingerprint density at radius 3 is 2.54 bits per heavy atom. The Kier molecular flexibility index (Phi) is 4.43. The zero-order valence-corrected chi connectivity index (χ0v) is 15.5. The van der Waals surface area contributed by atoms with E-state index in [1.807, 2.05) is 36.4 Å². The van der Waals surface area contributed by atoms with E-state index in [4.69, 9.17) is 5.73 Å². The van der Waals surface area contributed by atoms with Crippen molar-refractivity contribution < 1.29 is 14.4 Å². The monoisotopic (exact) mass is 376 g/mol. The molecule has 0 atom stereocenters. The third kappa shape index (κ3) is 3.05. The van der Waals surface area contributed by atoms with E-state index in [-0.39, 0.29) is 17.5 Å². The Morgan fingerprint density at radius 1 is 1.11 bits per heavy atom. The Labute approximate surface area is 161 Å². The van der Waals surface area contributed by atoms with Crippen molar-refractivity contribution in [3.8, 4) is 0 Å². The maximum atomic E-state index is 12.7. The number of carbonyl (C=O) groups excluding carboxylic acids is 3. The first-order valence-corrected chi connectivity index (χ1v) is 9.11. The molecule has 28 heavy (non-hydrogen) atoms. The minimum Gasteiger partial charge on any atom is -0.364 e. The quantitative estimate of drug-likeness (QED) is 0.758. The molecule has 0 saturated carbocycles. The van der Waals surface area contributed by atoms with Gasteiger partial charge in [0.1, 0.15) is 0 Å². The van der Waals surface area contributed by atoms with Gasteiger partial charge in [0.2, 0.25) is 11.8 Å². The number of hydrogen-bond acceptors (Lipinski definition) is 4. The van der Waals surface area contributed by atoms with Crippen LogP contribution in [0.1, 0.15) is 45.3 Å². The number of rotatable bonds is 3. The van der Waals surface area contributed by atoms with Gasteiger partial charge in [-0.3, -0.25) is 14.4 Å². The van der Waals surface area contributed by atoms with Crippen LogP contribution in [0, 0.1) is 0 Å². The van der Waals surface area contributed by atoms with Gasteiger partial charge in [-0.05, 0) is 29.2 Å². The van der Waals surface area contributed by atoms with E-state index in [0.717, 1.165) is 16.7 Å². The molecule has 2 amide bonds. The molecule has 142 valence electrons. The van der Waals surface area contributed by atoms with Crippen LogP contribution in [0.15, 0.2) is 42.5 Å². The molecule has 4 rings (SSSR count). The first-order valence-electron chi connectivity index (χ1n) is 9.11. The van der Waals surface area contributed by atoms with Crippen molar-refractivity contribution in [3.05, 3.63) is 64.8 Å². The van der Waals surface area contributed by atoms with Crippen molar-refractivity contribution in [3.63, 3.8) is 0 Å². The van der Waals surface area contributed by atoms with E-state index in [0.29, 0.717) is 36.8 Å². The molecule has 0 fully saturated rings. The number of aromatic nitrogens is 2. The van der Waals surface area contributed by atoms with Gasteiger partial charge >= 0.3 is 0 Å². The predicted octanol–water partition coefficient (Wildman–Crippen LogP) is 2.27. The van der Waals surface area contributed by atoms with Gasteiger partial charge in [-0.1, -0.05) is 36.4 Å². The summed E-state index contributed by atoms with van der Waals surface area (Å²) in [6, 6.07) is 13.4. The molecule has 1 aliphatic heterocycles. The zero-order chi connectivity index (χ0) is 19.8. The summed E-state index contributed by atoms with van der Waals surface area (Å²) in [5.41, 5.74) is 8.98. The Morgan fingerprint density at radius 2 is 1.86 bits per heavy atom. The highest BCUT2D eigenvalue weighted by Crippen LogP contribution is 2.31. The molecule has 1 aromatic heterocycles. The molecule has 3 aromatic rings. The summed E-state index contributed by atoms with van der Waals surface area (Å²) in [4.78, 5) is 38.5. The van der Waals surface area contributed by atoms with Crippen LogP contribution in [0.25, 0.3) is 10.9 Å². The summed E-state index contributed by atoms with van der Waals surface area (Å²) < 4.78 is 1.20. The highest BCUT2D eigenvalue weighted by Gasteiger charge is 2.27. The number of carbonyl (C=O) groups is 3. The van der Waals surface area contributed by atoms with Crippen molar-refractivity contribution in [2.45, 2.75) is 32.9 Å². The van der Waals surface area contributed by atoms with Gasteiger partial charge in [0.25, 0.3) is 5.91 Å². The van der Waals surface area contributed by atoms with Gasteiger partial charge in [0, 0.05) is 31.8 Å². The number of fused-ring (bicyclic) bond motifs is 3. The summed E-state index contributed by atoms with van der Waals surface area (Å²) in [5.74, 6) is -0.945. The topological polar surface area (TPSA) is 98.3 Å². The Balaban J connectivity index is 1.86. The number of amides is 2. The standard InChI is InChI=1S/C21H20N4O3/c1-13(26)25-17-9-7-15-8-10-18(27)24(11-14-5-3-2-4-6-14)12-16(15)19(17)20(23-25)21(22)28/h2-7,9H,8,10-12H2,1H3,(H2,22,28). The van der Waals surface area contributed by atoms with Gasteiger partial charge < -0.3 is 10.6 Å². The lowest BCUT2D eigenvalue weighted by atomic mass is 9.98. The van der Waals surface area contributed by atoms with Crippen LogP contribution in [-0.4, -0.2) is 32.4 Å². The SMILES string of the molecule is CC(=O)n1nc(C(N)=O)c2c3c(ccc21)CCC(=O)N(Cc1ccccc1)C3. The normalized spacial score (nSPS) is 14.0. The fourth-order valence-corrected chi connectivity index (χ4v) is 3.78. The van der Waals surface area contributed by atoms with Crippen molar-refractivity contribution in [2.24, 2.45) is 5.73 Å². The molecule has 1 aliphatic rings. The Bertz CT molecular complexity index is 1100. The van der Waals surface area contributed by atoms with E-state index < -0.39 is 5.91 Å². The van der Waals surface area contributed by atoms with Crippen LogP contribution < -0.4 is 5.73 Å².